The summed E-state index contributed by atoms with van der Waals surface area (Å²) in [6, 6.07) is 5.58. The number of imidazole rings is 1. The van der Waals surface area contributed by atoms with E-state index in [2.05, 4.69) is 20.2 Å². The number of carbonyl (C=O) groups is 1. The first-order chi connectivity index (χ1) is 20.2. The standard InChI is InChI=1S/C28H27F4N7O3/c29-20-13-16(27(40)36-22-14-17(3-6-34-22)28(30,31)32)1-2-19(20)23-24-25(33)35-7-8-39(24)26(37-23)21-15-38(9-12-42-21)18-4-10-41-11-5-18/h1-3,6-8,13-14,18,21H,4-5,9-12,15H2,(H2,33,35)(H,34,36,40)/t21-/m1/s1. The number of nitrogens with one attached hydrogen (secondary N) is 1. The van der Waals surface area contributed by atoms with Gasteiger partial charge in [0, 0.05) is 62.1 Å². The topological polar surface area (TPSA) is 120 Å². The number of nitrogens with two attached hydrogens (primary N) is 1. The number of nitrogens with zero attached hydrogens (tertiary/aromatic N) is 5. The monoisotopic (exact) mass is 585 g/mol. The summed E-state index contributed by atoms with van der Waals surface area (Å²) in [5.41, 5.74) is 5.83. The summed E-state index contributed by atoms with van der Waals surface area (Å²) in [4.78, 5) is 27.8. The lowest BCUT2D eigenvalue weighted by Gasteiger charge is -2.39. The van der Waals surface area contributed by atoms with Gasteiger partial charge in [-0.3, -0.25) is 14.1 Å². The van der Waals surface area contributed by atoms with Crippen LogP contribution in [0, 0.1) is 5.82 Å². The fourth-order valence-electron chi connectivity index (χ4n) is 5.42. The number of carbonyl (C=O) groups excluding carboxylic acids is 1. The lowest BCUT2D eigenvalue weighted by molar-refractivity contribution is -0.137. The average Bonchev–Trinajstić information content (AvgIpc) is 3.38. The Kier molecular flexibility index (Phi) is 7.51. The van der Waals surface area contributed by atoms with Crippen LogP contribution in [0.1, 0.15) is 40.7 Å². The van der Waals surface area contributed by atoms with E-state index in [1.807, 2.05) is 0 Å². The first-order valence-corrected chi connectivity index (χ1v) is 13.4. The first kappa shape index (κ1) is 28.0. The maximum absolute atomic E-state index is 15.6. The average molecular weight is 586 g/mol. The van der Waals surface area contributed by atoms with Crippen LogP contribution in [-0.2, 0) is 15.7 Å². The zero-order chi connectivity index (χ0) is 29.4. The SMILES string of the molecule is Nc1nccn2c([C@H]3CN(C4CCOCC4)CCO3)nc(-c3ccc(C(=O)Nc4cc(C(F)(F)F)ccn4)cc3F)c12. The molecule has 3 aromatic heterocycles. The number of aromatic nitrogens is 4. The van der Waals surface area contributed by atoms with Gasteiger partial charge in [-0.15, -0.1) is 0 Å². The van der Waals surface area contributed by atoms with Crippen molar-refractivity contribution >= 4 is 23.1 Å². The molecule has 0 radical (unpaired) electrons. The predicted octanol–water partition coefficient (Wildman–Crippen LogP) is 4.34. The molecule has 14 heteroatoms. The van der Waals surface area contributed by atoms with Crippen LogP contribution in [0.2, 0.25) is 0 Å². The number of amides is 1. The number of benzene rings is 1. The summed E-state index contributed by atoms with van der Waals surface area (Å²) in [7, 11) is 0. The highest BCUT2D eigenvalue weighted by atomic mass is 19.4. The Bertz CT molecular complexity index is 1620. The van der Waals surface area contributed by atoms with Crippen molar-refractivity contribution in [2.45, 2.75) is 31.2 Å². The van der Waals surface area contributed by atoms with Crippen molar-refractivity contribution in [2.75, 3.05) is 44.0 Å². The van der Waals surface area contributed by atoms with E-state index in [4.69, 9.17) is 20.2 Å². The molecule has 0 aliphatic carbocycles. The molecule has 220 valence electrons. The maximum Gasteiger partial charge on any atom is 0.416 e. The quantitative estimate of drug-likeness (QED) is 0.332. The minimum atomic E-state index is -4.61. The number of pyridine rings is 1. The Balaban J connectivity index is 1.29. The van der Waals surface area contributed by atoms with Crippen LogP contribution >= 0.6 is 0 Å². The van der Waals surface area contributed by atoms with Gasteiger partial charge in [0.25, 0.3) is 5.91 Å². The van der Waals surface area contributed by atoms with Crippen molar-refractivity contribution < 1.29 is 31.8 Å². The number of hydrogen-bond acceptors (Lipinski definition) is 8. The lowest BCUT2D eigenvalue weighted by Crippen LogP contribution is -2.47. The number of rotatable bonds is 5. The van der Waals surface area contributed by atoms with Gasteiger partial charge in [0.05, 0.1) is 12.2 Å². The number of fused-ring (bicyclic) bond motifs is 1. The second kappa shape index (κ2) is 11.3. The van der Waals surface area contributed by atoms with Crippen LogP contribution < -0.4 is 11.1 Å². The maximum atomic E-state index is 15.6. The van der Waals surface area contributed by atoms with Crippen LogP contribution in [-0.4, -0.2) is 69.1 Å². The normalized spacial score (nSPS) is 18.8. The van der Waals surface area contributed by atoms with E-state index < -0.39 is 29.6 Å². The molecule has 1 amide bonds. The van der Waals surface area contributed by atoms with Crippen LogP contribution in [0.4, 0.5) is 29.2 Å². The highest BCUT2D eigenvalue weighted by Crippen LogP contribution is 2.35. The molecule has 2 aliphatic rings. The molecule has 6 rings (SSSR count). The van der Waals surface area contributed by atoms with E-state index in [0.29, 0.717) is 36.6 Å². The number of nitrogen functional groups attached to an aromatic ring is 1. The molecule has 2 aliphatic heterocycles. The predicted molar refractivity (Wildman–Crippen MR) is 144 cm³/mol. The van der Waals surface area contributed by atoms with Gasteiger partial charge in [-0.2, -0.15) is 13.2 Å². The zero-order valence-electron chi connectivity index (χ0n) is 22.3. The molecule has 5 heterocycles. The second-order valence-corrected chi connectivity index (χ2v) is 10.1. The van der Waals surface area contributed by atoms with Crippen molar-refractivity contribution in [1.29, 1.82) is 0 Å². The molecular formula is C28H27F4N7O3. The molecule has 2 fully saturated rings. The number of morpholine rings is 1. The lowest BCUT2D eigenvalue weighted by atomic mass is 10.1. The van der Waals surface area contributed by atoms with Crippen LogP contribution in [0.25, 0.3) is 16.8 Å². The summed E-state index contributed by atoms with van der Waals surface area (Å²) in [6.07, 6.45) is 1.01. The van der Waals surface area contributed by atoms with Gasteiger partial charge < -0.3 is 20.5 Å². The Morgan fingerprint density at radius 3 is 2.64 bits per heavy atom. The van der Waals surface area contributed by atoms with Crippen molar-refractivity contribution in [3.8, 4) is 11.3 Å². The summed E-state index contributed by atoms with van der Waals surface area (Å²) >= 11 is 0. The minimum Gasteiger partial charge on any atom is -0.382 e. The summed E-state index contributed by atoms with van der Waals surface area (Å²) in [5.74, 6) is -1.23. The number of halogens is 4. The van der Waals surface area contributed by atoms with E-state index in [9.17, 15) is 18.0 Å². The minimum absolute atomic E-state index is 0.0734. The molecule has 1 atom stereocenters. The number of ether oxygens (including phenoxy) is 2. The Labute approximate surface area is 237 Å². The largest absolute Gasteiger partial charge is 0.416 e. The molecule has 0 saturated carbocycles. The number of anilines is 2. The van der Waals surface area contributed by atoms with Gasteiger partial charge in [0.15, 0.2) is 0 Å². The summed E-state index contributed by atoms with van der Waals surface area (Å²) < 4.78 is 68.0. The molecule has 4 aromatic rings. The Morgan fingerprint density at radius 1 is 1.07 bits per heavy atom. The highest BCUT2D eigenvalue weighted by molar-refractivity contribution is 6.04. The van der Waals surface area contributed by atoms with Crippen molar-refractivity contribution in [2.24, 2.45) is 0 Å². The number of alkyl halides is 3. The van der Waals surface area contributed by atoms with Gasteiger partial charge >= 0.3 is 6.18 Å². The second-order valence-electron chi connectivity index (χ2n) is 10.1. The van der Waals surface area contributed by atoms with Crippen molar-refractivity contribution in [3.63, 3.8) is 0 Å². The molecule has 42 heavy (non-hydrogen) atoms. The summed E-state index contributed by atoms with van der Waals surface area (Å²) in [6.45, 7) is 3.32. The molecule has 2 saturated heterocycles. The van der Waals surface area contributed by atoms with E-state index >= 15 is 4.39 Å². The summed E-state index contributed by atoms with van der Waals surface area (Å²) in [5, 5.41) is 2.28. The fraction of sp³-hybridized carbons (Fsp3) is 0.357. The molecule has 0 bridgehead atoms. The first-order valence-electron chi connectivity index (χ1n) is 13.4. The molecule has 3 N–H and O–H groups in total. The van der Waals surface area contributed by atoms with E-state index in [-0.39, 0.29) is 28.5 Å². The molecule has 1 aromatic carbocycles. The third-order valence-electron chi connectivity index (χ3n) is 7.52. The van der Waals surface area contributed by atoms with Gasteiger partial charge in [-0.1, -0.05) is 0 Å². The molecule has 0 unspecified atom stereocenters. The van der Waals surface area contributed by atoms with Gasteiger partial charge in [-0.25, -0.2) is 19.3 Å². The third-order valence-corrected chi connectivity index (χ3v) is 7.52. The Morgan fingerprint density at radius 2 is 1.88 bits per heavy atom. The van der Waals surface area contributed by atoms with Gasteiger partial charge in [0.2, 0.25) is 0 Å². The van der Waals surface area contributed by atoms with Crippen LogP contribution in [0.5, 0.6) is 0 Å². The molecule has 0 spiro atoms. The highest BCUT2D eigenvalue weighted by Gasteiger charge is 2.33. The van der Waals surface area contributed by atoms with E-state index in [0.717, 1.165) is 50.9 Å². The third kappa shape index (κ3) is 5.52. The molecular weight excluding hydrogens is 558 g/mol. The van der Waals surface area contributed by atoms with Gasteiger partial charge in [-0.05, 0) is 43.2 Å². The molecule has 10 nitrogen and oxygen atoms in total. The Hall–Kier alpha value is -4.14. The number of hydrogen-bond donors (Lipinski definition) is 2. The van der Waals surface area contributed by atoms with Crippen LogP contribution in [0.3, 0.4) is 0 Å². The van der Waals surface area contributed by atoms with Crippen molar-refractivity contribution in [3.05, 3.63) is 71.7 Å². The van der Waals surface area contributed by atoms with Gasteiger partial charge in [0.1, 0.15) is 40.6 Å². The van der Waals surface area contributed by atoms with Crippen LogP contribution in [0.15, 0.2) is 48.9 Å². The van der Waals surface area contributed by atoms with E-state index in [1.54, 1.807) is 10.6 Å². The fourth-order valence-corrected chi connectivity index (χ4v) is 5.42. The van der Waals surface area contributed by atoms with E-state index in [1.165, 1.54) is 18.3 Å². The van der Waals surface area contributed by atoms with Crippen molar-refractivity contribution in [1.82, 2.24) is 24.3 Å². The smallest absolute Gasteiger partial charge is 0.382 e. The zero-order valence-corrected chi connectivity index (χ0v) is 22.3.